The van der Waals surface area contributed by atoms with Crippen LogP contribution in [0, 0.1) is 0 Å². The number of halogens is 1. The highest BCUT2D eigenvalue weighted by atomic mass is 79.9. The molecule has 0 bridgehead atoms. The van der Waals surface area contributed by atoms with Crippen LogP contribution in [-0.4, -0.2) is 30.9 Å². The van der Waals surface area contributed by atoms with Gasteiger partial charge in [0.25, 0.3) is 0 Å². The summed E-state index contributed by atoms with van der Waals surface area (Å²) in [6.45, 7) is 2.09. The summed E-state index contributed by atoms with van der Waals surface area (Å²) in [6, 6.07) is 8.23. The van der Waals surface area contributed by atoms with Crippen molar-refractivity contribution >= 4 is 15.9 Å². The summed E-state index contributed by atoms with van der Waals surface area (Å²) in [4.78, 5) is 2.32. The van der Waals surface area contributed by atoms with Crippen LogP contribution in [0.15, 0.2) is 24.3 Å². The molecule has 1 rings (SSSR count). The molecule has 0 spiro atoms. The average molecular weight is 272 g/mol. The van der Waals surface area contributed by atoms with E-state index in [0.29, 0.717) is 0 Å². The normalized spacial score (nSPS) is 10.7. The first-order valence-electron chi connectivity index (χ1n) is 5.13. The predicted octanol–water partition coefficient (Wildman–Crippen LogP) is 2.91. The summed E-state index contributed by atoms with van der Waals surface area (Å²) in [5.41, 5.74) is 1.30. The minimum atomic E-state index is 0.932. The predicted molar refractivity (Wildman–Crippen MR) is 67.7 cm³/mol. The Hall–Kier alpha value is -0.540. The SMILES string of the molecule is COc1cccc(CN(C)CCCBr)c1. The van der Waals surface area contributed by atoms with E-state index in [0.717, 1.165) is 24.2 Å². The van der Waals surface area contributed by atoms with Gasteiger partial charge in [0.2, 0.25) is 0 Å². The number of methoxy groups -OCH3 is 1. The van der Waals surface area contributed by atoms with Gasteiger partial charge in [-0.2, -0.15) is 0 Å². The fourth-order valence-electron chi connectivity index (χ4n) is 1.49. The Morgan fingerprint density at radius 3 is 2.87 bits per heavy atom. The van der Waals surface area contributed by atoms with E-state index in [1.165, 1.54) is 12.0 Å². The zero-order valence-electron chi connectivity index (χ0n) is 9.37. The van der Waals surface area contributed by atoms with Gasteiger partial charge in [0, 0.05) is 11.9 Å². The minimum Gasteiger partial charge on any atom is -0.497 e. The van der Waals surface area contributed by atoms with Crippen molar-refractivity contribution in [2.24, 2.45) is 0 Å². The maximum Gasteiger partial charge on any atom is 0.119 e. The van der Waals surface area contributed by atoms with Crippen molar-refractivity contribution in [3.05, 3.63) is 29.8 Å². The molecule has 0 atom stereocenters. The molecule has 0 N–H and O–H groups in total. The third kappa shape index (κ3) is 4.67. The van der Waals surface area contributed by atoms with Gasteiger partial charge < -0.3 is 9.64 Å². The van der Waals surface area contributed by atoms with E-state index in [4.69, 9.17) is 4.74 Å². The van der Waals surface area contributed by atoms with E-state index < -0.39 is 0 Å². The van der Waals surface area contributed by atoms with Crippen LogP contribution in [0.25, 0.3) is 0 Å². The maximum atomic E-state index is 5.19. The van der Waals surface area contributed by atoms with Crippen LogP contribution in [0.5, 0.6) is 5.75 Å². The second-order valence-corrected chi connectivity index (χ2v) is 4.42. The Balaban J connectivity index is 2.48. The van der Waals surface area contributed by atoms with Gasteiger partial charge in [0.05, 0.1) is 7.11 Å². The number of nitrogens with zero attached hydrogens (tertiary/aromatic N) is 1. The van der Waals surface area contributed by atoms with E-state index in [9.17, 15) is 0 Å². The van der Waals surface area contributed by atoms with Crippen LogP contribution >= 0.6 is 15.9 Å². The lowest BCUT2D eigenvalue weighted by Gasteiger charge is -2.16. The Kier molecular flexibility index (Phi) is 5.73. The molecule has 0 radical (unpaired) electrons. The lowest BCUT2D eigenvalue weighted by atomic mass is 10.2. The molecule has 84 valence electrons. The summed E-state index contributed by atoms with van der Waals surface area (Å²) >= 11 is 3.44. The van der Waals surface area contributed by atoms with Crippen molar-refractivity contribution < 1.29 is 4.74 Å². The number of hydrogen-bond acceptors (Lipinski definition) is 2. The van der Waals surface area contributed by atoms with E-state index >= 15 is 0 Å². The fourth-order valence-corrected chi connectivity index (χ4v) is 1.74. The van der Waals surface area contributed by atoms with Gasteiger partial charge in [-0.3, -0.25) is 0 Å². The summed E-state index contributed by atoms with van der Waals surface area (Å²) in [6.07, 6.45) is 1.18. The Morgan fingerprint density at radius 1 is 1.40 bits per heavy atom. The molecule has 0 aliphatic rings. The van der Waals surface area contributed by atoms with Crippen LogP contribution in [0.3, 0.4) is 0 Å². The largest absolute Gasteiger partial charge is 0.497 e. The fraction of sp³-hybridized carbons (Fsp3) is 0.500. The maximum absolute atomic E-state index is 5.19. The van der Waals surface area contributed by atoms with Crippen molar-refractivity contribution in [2.45, 2.75) is 13.0 Å². The first-order chi connectivity index (χ1) is 7.26. The lowest BCUT2D eigenvalue weighted by Crippen LogP contribution is -2.19. The number of rotatable bonds is 6. The second kappa shape index (κ2) is 6.85. The standard InChI is InChI=1S/C12H18BrNO/c1-14(8-4-7-13)10-11-5-3-6-12(9-11)15-2/h3,5-6,9H,4,7-8,10H2,1-2H3. The topological polar surface area (TPSA) is 12.5 Å². The smallest absolute Gasteiger partial charge is 0.119 e. The summed E-state index contributed by atoms with van der Waals surface area (Å²) in [7, 11) is 3.84. The molecule has 0 unspecified atom stereocenters. The van der Waals surface area contributed by atoms with Crippen molar-refractivity contribution in [2.75, 3.05) is 26.0 Å². The van der Waals surface area contributed by atoms with Gasteiger partial charge >= 0.3 is 0 Å². The molecule has 0 fully saturated rings. The van der Waals surface area contributed by atoms with E-state index in [1.54, 1.807) is 7.11 Å². The van der Waals surface area contributed by atoms with Gasteiger partial charge in [-0.15, -0.1) is 0 Å². The Bertz CT molecular complexity index is 291. The van der Waals surface area contributed by atoms with Gasteiger partial charge in [0.15, 0.2) is 0 Å². The summed E-state index contributed by atoms with van der Waals surface area (Å²) < 4.78 is 5.19. The van der Waals surface area contributed by atoms with E-state index in [1.807, 2.05) is 12.1 Å². The monoisotopic (exact) mass is 271 g/mol. The highest BCUT2D eigenvalue weighted by Crippen LogP contribution is 2.13. The van der Waals surface area contributed by atoms with Gasteiger partial charge in [0.1, 0.15) is 5.75 Å². The summed E-state index contributed by atoms with van der Waals surface area (Å²) in [5, 5.41) is 1.06. The molecule has 0 saturated heterocycles. The van der Waals surface area contributed by atoms with Crippen LogP contribution < -0.4 is 4.74 Å². The van der Waals surface area contributed by atoms with Gasteiger partial charge in [-0.1, -0.05) is 28.1 Å². The zero-order valence-corrected chi connectivity index (χ0v) is 11.0. The quantitative estimate of drug-likeness (QED) is 0.738. The molecule has 1 aromatic rings. The molecule has 1 aromatic carbocycles. The van der Waals surface area contributed by atoms with Crippen molar-refractivity contribution in [3.8, 4) is 5.75 Å². The molecule has 2 nitrogen and oxygen atoms in total. The average Bonchev–Trinajstić information content (AvgIpc) is 2.26. The number of benzene rings is 1. The van der Waals surface area contributed by atoms with Crippen LogP contribution in [0.2, 0.25) is 0 Å². The third-order valence-corrected chi connectivity index (χ3v) is 2.82. The van der Waals surface area contributed by atoms with Crippen LogP contribution in [0.1, 0.15) is 12.0 Å². The molecular weight excluding hydrogens is 254 g/mol. The molecule has 0 aliphatic heterocycles. The Morgan fingerprint density at radius 2 is 2.20 bits per heavy atom. The van der Waals surface area contributed by atoms with Gasteiger partial charge in [-0.25, -0.2) is 0 Å². The van der Waals surface area contributed by atoms with E-state index in [2.05, 4.69) is 40.0 Å². The Labute approximate surface area is 100 Å². The molecule has 0 aromatic heterocycles. The number of ether oxygens (including phenoxy) is 1. The van der Waals surface area contributed by atoms with Gasteiger partial charge in [-0.05, 0) is 37.7 Å². The molecule has 3 heteroatoms. The first kappa shape index (κ1) is 12.5. The van der Waals surface area contributed by atoms with Crippen LogP contribution in [0.4, 0.5) is 0 Å². The highest BCUT2D eigenvalue weighted by Gasteiger charge is 2.00. The molecule has 0 heterocycles. The third-order valence-electron chi connectivity index (χ3n) is 2.26. The van der Waals surface area contributed by atoms with Crippen molar-refractivity contribution in [1.82, 2.24) is 4.90 Å². The highest BCUT2D eigenvalue weighted by molar-refractivity contribution is 9.09. The molecule has 0 aliphatic carbocycles. The molecule has 0 saturated carbocycles. The second-order valence-electron chi connectivity index (χ2n) is 3.63. The van der Waals surface area contributed by atoms with E-state index in [-0.39, 0.29) is 0 Å². The van der Waals surface area contributed by atoms with Crippen LogP contribution in [-0.2, 0) is 6.54 Å². The summed E-state index contributed by atoms with van der Waals surface area (Å²) in [5.74, 6) is 0.932. The molecule has 15 heavy (non-hydrogen) atoms. The molecule has 0 amide bonds. The molecular formula is C12H18BrNO. The number of alkyl halides is 1. The first-order valence-corrected chi connectivity index (χ1v) is 6.26. The zero-order chi connectivity index (χ0) is 11.1. The lowest BCUT2D eigenvalue weighted by molar-refractivity contribution is 0.328. The number of hydrogen-bond donors (Lipinski definition) is 0. The van der Waals surface area contributed by atoms with Crippen molar-refractivity contribution in [1.29, 1.82) is 0 Å². The minimum absolute atomic E-state index is 0.932. The van der Waals surface area contributed by atoms with Crippen molar-refractivity contribution in [3.63, 3.8) is 0 Å².